The van der Waals surface area contributed by atoms with Crippen LogP contribution in [-0.2, 0) is 19.1 Å². The molecule has 77 heavy (non-hydrogen) atoms. The van der Waals surface area contributed by atoms with Crippen LogP contribution in [0.3, 0.4) is 0 Å². The molecule has 2 aromatic carbocycles. The van der Waals surface area contributed by atoms with Crippen LogP contribution in [-0.4, -0.2) is 52.1 Å². The number of carbonyl (C=O) groups is 4. The van der Waals surface area contributed by atoms with E-state index in [1.165, 1.54) is 9.80 Å². The van der Waals surface area contributed by atoms with Crippen LogP contribution in [0.5, 0.6) is 0 Å². The van der Waals surface area contributed by atoms with Gasteiger partial charge in [-0.3, -0.25) is 9.59 Å². The van der Waals surface area contributed by atoms with Gasteiger partial charge in [0.05, 0.1) is 12.1 Å². The minimum Gasteiger partial charge on any atom is -1.00 e. The Morgan fingerprint density at radius 1 is 0.519 bits per heavy atom. The molecular formula is C67H91LiN2O6S. The zero-order valence-corrected chi connectivity index (χ0v) is 48.2. The molecule has 2 heterocycles. The van der Waals surface area contributed by atoms with Crippen molar-refractivity contribution in [2.24, 2.45) is 5.92 Å². The number of hydrogen-bond donors (Lipinski definition) is 1. The molecule has 2 fully saturated rings. The van der Waals surface area contributed by atoms with Gasteiger partial charge in [-0.15, -0.1) is 0 Å². The van der Waals surface area contributed by atoms with Gasteiger partial charge in [0, 0.05) is 13.7 Å². The SMILES string of the molecule is CC/C=C\C/C=C\C/C=C\C/C=C\C/C=C\C/C=C\CCC(=O)N1C(=O)OC(c2ccccc2)[C@H]1C.CC/C=C\C/C=C\C/C=C\C/C=C\C/C=C\C/C=C\C[C@@H](CC)C(=O)N1C(=O)OC(c2ccccc2)[C@H]1C.[2H]CS.[H-].[Li+]. The van der Waals surface area contributed by atoms with Crippen molar-refractivity contribution < 1.29 is 50.3 Å². The third-order valence-electron chi connectivity index (χ3n) is 12.3. The smallest absolute Gasteiger partial charge is 1.00 e. The molecule has 5 atom stereocenters. The number of cyclic esters (lactones) is 2. The van der Waals surface area contributed by atoms with Crippen LogP contribution in [0.15, 0.2) is 206 Å². The fraction of sp³-hybridized carbons (Fsp3) is 0.403. The van der Waals surface area contributed by atoms with Crippen LogP contribution in [0, 0.1) is 5.92 Å². The maximum Gasteiger partial charge on any atom is 1.00 e. The quantitative estimate of drug-likeness (QED) is 0.0459. The first kappa shape index (κ1) is 67.3. The van der Waals surface area contributed by atoms with Gasteiger partial charge in [-0.05, 0) is 128 Å². The Kier molecular flexibility index (Phi) is 40.4. The Balaban J connectivity index is 0.00000143. The maximum atomic E-state index is 13.1. The number of rotatable bonds is 31. The Hall–Kier alpha value is -5.85. The summed E-state index contributed by atoms with van der Waals surface area (Å²) < 4.78 is 17.1. The summed E-state index contributed by atoms with van der Waals surface area (Å²) in [5.41, 5.74) is 1.82. The molecule has 4 amide bonds. The van der Waals surface area contributed by atoms with E-state index in [9.17, 15) is 19.2 Å². The molecule has 0 saturated carbocycles. The van der Waals surface area contributed by atoms with Crippen LogP contribution in [0.4, 0.5) is 9.59 Å². The average molecular weight is 1060 g/mol. The minimum absolute atomic E-state index is 0. The number of allylic oxidation sites excluding steroid dienone is 24. The third-order valence-corrected chi connectivity index (χ3v) is 12.3. The number of amides is 4. The molecule has 8 nitrogen and oxygen atoms in total. The number of nitrogens with zero attached hydrogens (tertiary/aromatic N) is 2. The molecule has 0 aromatic heterocycles. The Bertz CT molecular complexity index is 2320. The average Bonchev–Trinajstić information content (AvgIpc) is 3.95. The van der Waals surface area contributed by atoms with Gasteiger partial charge in [-0.2, -0.15) is 12.6 Å². The van der Waals surface area contributed by atoms with Crippen molar-refractivity contribution in [3.05, 3.63) is 218 Å². The second kappa shape index (κ2) is 46.3. The second-order valence-electron chi connectivity index (χ2n) is 18.1. The summed E-state index contributed by atoms with van der Waals surface area (Å²) >= 11 is 3.46. The van der Waals surface area contributed by atoms with Gasteiger partial charge < -0.3 is 10.9 Å². The summed E-state index contributed by atoms with van der Waals surface area (Å²) in [7, 11) is 0. The standard InChI is InChI=1S/C34H45NO3.C32H41NO3.CH4S.Li.H/c1-4-6-7-8-9-10-11-12-13-14-15-16-17-18-19-20-21-23-26-30(5-2)33(36)35-29(3)32(38-34(35)37)31-27-24-22-25-28-31;1-3-4-5-6-7-8-9-10-11-12-13-14-15-16-17-18-19-20-24-27-30(34)33-28(2)31(36-32(33)35)29-25-22-21-23-26-29;1-2;;/h6-7,9-10,12-13,15-16,18-19,21-25,27-30,32H,4-5,8,11,14,17,20,26H2,1-3H3;4-5,7-8,10-11,13-14,16-17,19-23,25-26,28,31H,3,6,9,12,15,18,24,27H2,1-2H3;2H,1H3;;/q;;;+1;-1/b7-6-,10-9-,13-12-,16-15-,19-18-,23-21-;5-4-,8-7-,11-10-,14-13-,17-16-,20-19-;;;/t29-,30-,32?;28-,31?;;;/m11.../s1/i;;1D;;. The summed E-state index contributed by atoms with van der Waals surface area (Å²) in [4.78, 5) is 53.1. The van der Waals surface area contributed by atoms with Crippen LogP contribution >= 0.6 is 12.6 Å². The summed E-state index contributed by atoms with van der Waals surface area (Å²) in [5, 5.41) is 0. The number of imide groups is 2. The van der Waals surface area contributed by atoms with Gasteiger partial charge in [0.25, 0.3) is 0 Å². The van der Waals surface area contributed by atoms with E-state index in [0.717, 1.165) is 88.2 Å². The number of ether oxygens (including phenoxy) is 2. The topological polar surface area (TPSA) is 93.2 Å². The van der Waals surface area contributed by atoms with Crippen LogP contribution in [0.25, 0.3) is 0 Å². The van der Waals surface area contributed by atoms with Crippen molar-refractivity contribution in [3.8, 4) is 0 Å². The summed E-state index contributed by atoms with van der Waals surface area (Å²) in [6.07, 6.45) is 64.0. The van der Waals surface area contributed by atoms with Crippen LogP contribution in [0.1, 0.15) is 163 Å². The molecule has 10 heteroatoms. The van der Waals surface area contributed by atoms with E-state index < -0.39 is 24.4 Å². The van der Waals surface area contributed by atoms with Gasteiger partial charge in [0.15, 0.2) is 0 Å². The van der Waals surface area contributed by atoms with E-state index in [2.05, 4.69) is 160 Å². The van der Waals surface area contributed by atoms with E-state index >= 15 is 0 Å². The molecule has 0 spiro atoms. The van der Waals surface area contributed by atoms with E-state index in [1.54, 1.807) is 0 Å². The first-order chi connectivity index (χ1) is 37.7. The van der Waals surface area contributed by atoms with Gasteiger partial charge in [0.1, 0.15) is 12.2 Å². The Morgan fingerprint density at radius 2 is 0.818 bits per heavy atom. The van der Waals surface area contributed by atoms with E-state index in [0.29, 0.717) is 25.7 Å². The van der Waals surface area contributed by atoms with E-state index in [-0.39, 0.29) is 56.3 Å². The minimum atomic E-state index is -0.552. The molecule has 2 aliphatic rings. The predicted octanol–water partition coefficient (Wildman–Crippen LogP) is 15.4. The molecule has 2 aromatic rings. The maximum absolute atomic E-state index is 13.1. The zero-order chi connectivity index (χ0) is 56.0. The van der Waals surface area contributed by atoms with Crippen molar-refractivity contribution in [2.45, 2.75) is 162 Å². The molecular weight excluding hydrogens is 968 g/mol. The van der Waals surface area contributed by atoms with Crippen molar-refractivity contribution in [1.82, 2.24) is 9.80 Å². The molecule has 0 aliphatic carbocycles. The summed E-state index contributed by atoms with van der Waals surface area (Å²) in [5.74, 6) is -0.572. The largest absolute Gasteiger partial charge is 1.00 e. The first-order valence-electron chi connectivity index (χ1n) is 28.2. The van der Waals surface area contributed by atoms with E-state index in [1.807, 2.05) is 93.6 Å². The van der Waals surface area contributed by atoms with Gasteiger partial charge in [-0.25, -0.2) is 19.4 Å². The second-order valence-corrected chi connectivity index (χ2v) is 18.1. The zero-order valence-electron chi connectivity index (χ0n) is 49.3. The number of hydrogen-bond acceptors (Lipinski definition) is 7. The molecule has 0 N–H and O–H groups in total. The molecule has 2 saturated heterocycles. The molecule has 2 unspecified atom stereocenters. The molecule has 0 radical (unpaired) electrons. The fourth-order valence-corrected chi connectivity index (χ4v) is 8.12. The molecule has 2 aliphatic heterocycles. The van der Waals surface area contributed by atoms with Crippen molar-refractivity contribution in [3.63, 3.8) is 0 Å². The summed E-state index contributed by atoms with van der Waals surface area (Å²) in [6.45, 7) is 10.0. The number of benzene rings is 2. The van der Waals surface area contributed by atoms with Crippen molar-refractivity contribution in [1.29, 1.82) is 0 Å². The normalized spacial score (nSPS) is 18.6. The predicted molar refractivity (Wildman–Crippen MR) is 324 cm³/mol. The Morgan fingerprint density at radius 3 is 1.16 bits per heavy atom. The summed E-state index contributed by atoms with van der Waals surface area (Å²) in [6, 6.07) is 18.5. The third kappa shape index (κ3) is 29.5. The van der Waals surface area contributed by atoms with Crippen LogP contribution < -0.4 is 18.9 Å². The monoisotopic (exact) mass is 1060 g/mol. The number of thiol groups is 1. The molecule has 412 valence electrons. The van der Waals surface area contributed by atoms with Gasteiger partial charge in [0.2, 0.25) is 11.8 Å². The number of carbonyl (C=O) groups excluding carboxylic acids is 4. The first-order valence-corrected chi connectivity index (χ1v) is 28.2. The Labute approximate surface area is 485 Å². The van der Waals surface area contributed by atoms with Crippen molar-refractivity contribution >= 4 is 36.6 Å². The van der Waals surface area contributed by atoms with Gasteiger partial charge in [-0.1, -0.05) is 227 Å². The fourth-order valence-electron chi connectivity index (χ4n) is 8.12. The van der Waals surface area contributed by atoms with E-state index in [4.69, 9.17) is 10.8 Å². The van der Waals surface area contributed by atoms with Gasteiger partial charge >= 0.3 is 31.0 Å². The molecule has 0 bridgehead atoms. The molecule has 4 rings (SSSR count). The van der Waals surface area contributed by atoms with Crippen LogP contribution in [0.2, 0.25) is 0 Å². The van der Waals surface area contributed by atoms with Crippen molar-refractivity contribution in [2.75, 3.05) is 6.23 Å².